The number of hydrogen-bond donors (Lipinski definition) is 2. The second kappa shape index (κ2) is 7.08. The molecule has 0 radical (unpaired) electrons. The molecule has 0 heterocycles. The molecule has 21 heavy (non-hydrogen) atoms. The lowest BCUT2D eigenvalue weighted by atomic mass is 9.64. The number of carbonyl (C=O) groups excluding carboxylic acids is 1. The van der Waals surface area contributed by atoms with Gasteiger partial charge in [-0.25, -0.2) is 0 Å². The number of benzene rings is 1. The maximum absolute atomic E-state index is 12.6. The lowest BCUT2D eigenvalue weighted by molar-refractivity contribution is -0.130. The predicted octanol–water partition coefficient (Wildman–Crippen LogP) is 3.02. The van der Waals surface area contributed by atoms with Gasteiger partial charge in [0, 0.05) is 6.54 Å². The molecule has 1 saturated carbocycles. The van der Waals surface area contributed by atoms with Gasteiger partial charge < -0.3 is 10.4 Å². The maximum atomic E-state index is 12.6. The Morgan fingerprint density at radius 3 is 2.33 bits per heavy atom. The Morgan fingerprint density at radius 2 is 1.86 bits per heavy atom. The van der Waals surface area contributed by atoms with E-state index in [1.54, 1.807) is 0 Å². The van der Waals surface area contributed by atoms with E-state index in [2.05, 4.69) is 19.2 Å². The molecule has 0 bridgehead atoms. The molecule has 3 nitrogen and oxygen atoms in total. The highest BCUT2D eigenvalue weighted by Gasteiger charge is 2.45. The molecule has 0 spiro atoms. The van der Waals surface area contributed by atoms with Crippen molar-refractivity contribution in [3.05, 3.63) is 35.9 Å². The molecule has 1 aromatic carbocycles. The quantitative estimate of drug-likeness (QED) is 0.810. The van der Waals surface area contributed by atoms with Crippen molar-refractivity contribution in [1.82, 2.24) is 5.32 Å². The van der Waals surface area contributed by atoms with Gasteiger partial charge in [-0.05, 0) is 24.3 Å². The predicted molar refractivity (Wildman–Crippen MR) is 85.1 cm³/mol. The molecule has 2 N–H and O–H groups in total. The molecular weight excluding hydrogens is 262 g/mol. The van der Waals surface area contributed by atoms with Crippen molar-refractivity contribution in [2.24, 2.45) is 5.92 Å². The summed E-state index contributed by atoms with van der Waals surface area (Å²) in [6, 6.07) is 10.0. The number of rotatable bonds is 7. The Hall–Kier alpha value is -1.35. The molecule has 1 unspecified atom stereocenters. The lowest BCUT2D eigenvalue weighted by Gasteiger charge is -2.41. The standard InChI is InChI=1S/C18H27NO2/c1-3-14(4-2)16(20)13-19-17(21)18(11-8-12-18)15-9-6-5-7-10-15/h5-7,9-10,14,16,20H,3-4,8,11-13H2,1-2H3,(H,19,21). The summed E-state index contributed by atoms with van der Waals surface area (Å²) in [6.45, 7) is 4.52. The van der Waals surface area contributed by atoms with Crippen LogP contribution in [0, 0.1) is 5.92 Å². The van der Waals surface area contributed by atoms with Crippen molar-refractivity contribution < 1.29 is 9.90 Å². The van der Waals surface area contributed by atoms with Crippen LogP contribution in [0.3, 0.4) is 0 Å². The summed E-state index contributed by atoms with van der Waals surface area (Å²) in [4.78, 5) is 12.6. The molecule has 1 aromatic rings. The Balaban J connectivity index is 1.99. The van der Waals surface area contributed by atoms with Crippen molar-refractivity contribution in [3.8, 4) is 0 Å². The summed E-state index contributed by atoms with van der Waals surface area (Å²) < 4.78 is 0. The van der Waals surface area contributed by atoms with Crippen molar-refractivity contribution in [1.29, 1.82) is 0 Å². The van der Waals surface area contributed by atoms with E-state index in [0.717, 1.165) is 37.7 Å². The average Bonchev–Trinajstić information content (AvgIpc) is 2.46. The highest BCUT2D eigenvalue weighted by molar-refractivity contribution is 5.89. The number of hydrogen-bond acceptors (Lipinski definition) is 2. The Bertz CT molecular complexity index is 450. The fourth-order valence-electron chi connectivity index (χ4n) is 3.30. The molecule has 1 amide bonds. The van der Waals surface area contributed by atoms with Crippen LogP contribution in [0.4, 0.5) is 0 Å². The minimum absolute atomic E-state index is 0.0740. The second-order valence-corrected chi connectivity index (χ2v) is 6.16. The smallest absolute Gasteiger partial charge is 0.230 e. The van der Waals surface area contributed by atoms with E-state index in [4.69, 9.17) is 0 Å². The van der Waals surface area contributed by atoms with Gasteiger partial charge in [-0.1, -0.05) is 63.4 Å². The molecular formula is C18H27NO2. The summed E-state index contributed by atoms with van der Waals surface area (Å²) in [5.74, 6) is 0.337. The SMILES string of the molecule is CCC(CC)C(O)CNC(=O)C1(c2ccccc2)CCC1. The third-order valence-corrected chi connectivity index (χ3v) is 5.03. The molecule has 0 aromatic heterocycles. The van der Waals surface area contributed by atoms with Crippen molar-refractivity contribution in [3.63, 3.8) is 0 Å². The van der Waals surface area contributed by atoms with Gasteiger partial charge in [0.1, 0.15) is 0 Å². The second-order valence-electron chi connectivity index (χ2n) is 6.16. The molecule has 0 saturated heterocycles. The van der Waals surface area contributed by atoms with E-state index in [1.165, 1.54) is 0 Å². The molecule has 1 atom stereocenters. The molecule has 3 heteroatoms. The average molecular weight is 289 g/mol. The zero-order valence-electron chi connectivity index (χ0n) is 13.1. The first-order chi connectivity index (χ1) is 10.1. The molecule has 1 aliphatic carbocycles. The van der Waals surface area contributed by atoms with Gasteiger partial charge in [0.25, 0.3) is 0 Å². The van der Waals surface area contributed by atoms with E-state index in [9.17, 15) is 9.90 Å². The summed E-state index contributed by atoms with van der Waals surface area (Å²) in [7, 11) is 0. The Kier molecular flexibility index (Phi) is 5.40. The summed E-state index contributed by atoms with van der Waals surface area (Å²) in [6.07, 6.45) is 4.34. The first kappa shape index (κ1) is 16.0. The number of carbonyl (C=O) groups is 1. The van der Waals surface area contributed by atoms with Crippen LogP contribution in [-0.4, -0.2) is 23.7 Å². The van der Waals surface area contributed by atoms with Crippen LogP contribution >= 0.6 is 0 Å². The summed E-state index contributed by atoms with van der Waals surface area (Å²) in [5, 5.41) is 13.2. The third-order valence-electron chi connectivity index (χ3n) is 5.03. The lowest BCUT2D eigenvalue weighted by Crippen LogP contribution is -2.51. The number of aliphatic hydroxyl groups is 1. The monoisotopic (exact) mass is 289 g/mol. The van der Waals surface area contributed by atoms with E-state index in [1.807, 2.05) is 30.3 Å². The van der Waals surface area contributed by atoms with E-state index in [0.29, 0.717) is 6.54 Å². The van der Waals surface area contributed by atoms with Crippen molar-refractivity contribution in [2.45, 2.75) is 57.5 Å². The minimum Gasteiger partial charge on any atom is -0.391 e. The maximum Gasteiger partial charge on any atom is 0.230 e. The van der Waals surface area contributed by atoms with E-state index < -0.39 is 6.10 Å². The fourth-order valence-corrected chi connectivity index (χ4v) is 3.30. The molecule has 2 rings (SSSR count). The topological polar surface area (TPSA) is 49.3 Å². The first-order valence-electron chi connectivity index (χ1n) is 8.16. The van der Waals surface area contributed by atoms with Crippen molar-refractivity contribution >= 4 is 5.91 Å². The summed E-state index contributed by atoms with van der Waals surface area (Å²) >= 11 is 0. The van der Waals surface area contributed by atoms with E-state index in [-0.39, 0.29) is 17.2 Å². The number of aliphatic hydroxyl groups excluding tert-OH is 1. The van der Waals surface area contributed by atoms with Gasteiger partial charge in [-0.15, -0.1) is 0 Å². The molecule has 1 fully saturated rings. The Labute approximate surface area is 127 Å². The van der Waals surface area contributed by atoms with Gasteiger partial charge in [0.2, 0.25) is 5.91 Å². The largest absolute Gasteiger partial charge is 0.391 e. The van der Waals surface area contributed by atoms with Gasteiger partial charge in [-0.2, -0.15) is 0 Å². The van der Waals surface area contributed by atoms with Gasteiger partial charge in [-0.3, -0.25) is 4.79 Å². The first-order valence-corrected chi connectivity index (χ1v) is 8.16. The van der Waals surface area contributed by atoms with Crippen molar-refractivity contribution in [2.75, 3.05) is 6.54 Å². The Morgan fingerprint density at radius 1 is 1.24 bits per heavy atom. The van der Waals surface area contributed by atoms with Crippen LogP contribution in [0.1, 0.15) is 51.5 Å². The van der Waals surface area contributed by atoms with Crippen LogP contribution in [0.5, 0.6) is 0 Å². The molecule has 0 aliphatic heterocycles. The van der Waals surface area contributed by atoms with Crippen LogP contribution in [0.2, 0.25) is 0 Å². The zero-order valence-corrected chi connectivity index (χ0v) is 13.1. The molecule has 1 aliphatic rings. The van der Waals surface area contributed by atoms with E-state index >= 15 is 0 Å². The highest BCUT2D eigenvalue weighted by atomic mass is 16.3. The highest BCUT2D eigenvalue weighted by Crippen LogP contribution is 2.43. The van der Waals surface area contributed by atoms with Gasteiger partial charge in [0.15, 0.2) is 0 Å². The number of amides is 1. The van der Waals surface area contributed by atoms with Crippen LogP contribution in [0.25, 0.3) is 0 Å². The minimum atomic E-state index is -0.447. The van der Waals surface area contributed by atoms with Gasteiger partial charge >= 0.3 is 0 Å². The zero-order chi connectivity index (χ0) is 15.3. The third kappa shape index (κ3) is 3.29. The van der Waals surface area contributed by atoms with Crippen LogP contribution in [-0.2, 0) is 10.2 Å². The fraction of sp³-hybridized carbons (Fsp3) is 0.611. The van der Waals surface area contributed by atoms with Crippen LogP contribution < -0.4 is 5.32 Å². The normalized spacial score (nSPS) is 18.1. The molecule has 116 valence electrons. The van der Waals surface area contributed by atoms with Crippen LogP contribution in [0.15, 0.2) is 30.3 Å². The van der Waals surface area contributed by atoms with Gasteiger partial charge in [0.05, 0.1) is 11.5 Å². The summed E-state index contributed by atoms with van der Waals surface area (Å²) in [5.41, 5.74) is 0.736. The number of nitrogens with one attached hydrogen (secondary N) is 1.